The Labute approximate surface area is 118 Å². The Kier molecular flexibility index (Phi) is 4.85. The maximum atomic E-state index is 14.2. The van der Waals surface area contributed by atoms with Crippen molar-refractivity contribution in [1.29, 1.82) is 0 Å². The smallest absolute Gasteiger partial charge is 0.137 e. The summed E-state index contributed by atoms with van der Waals surface area (Å²) in [5, 5.41) is 0. The van der Waals surface area contributed by atoms with Crippen molar-refractivity contribution in [2.75, 3.05) is 20.2 Å². The zero-order valence-electron chi connectivity index (χ0n) is 11.1. The number of ether oxygens (including phenoxy) is 1. The first-order valence-corrected chi connectivity index (χ1v) is 6.85. The maximum absolute atomic E-state index is 14.2. The number of piperidine rings is 1. The van der Waals surface area contributed by atoms with Crippen molar-refractivity contribution in [1.82, 2.24) is 4.90 Å². The lowest BCUT2D eigenvalue weighted by Crippen LogP contribution is -2.38. The van der Waals surface area contributed by atoms with E-state index >= 15 is 0 Å². The van der Waals surface area contributed by atoms with E-state index in [1.807, 2.05) is 0 Å². The normalized spacial score (nSPS) is 20.4. The Morgan fingerprint density at radius 3 is 3.05 bits per heavy atom. The molecule has 0 aliphatic carbocycles. The molecule has 3 nitrogen and oxygen atoms in total. The third-order valence-electron chi connectivity index (χ3n) is 3.53. The van der Waals surface area contributed by atoms with Crippen LogP contribution in [0.15, 0.2) is 18.2 Å². The van der Waals surface area contributed by atoms with Crippen molar-refractivity contribution < 1.29 is 9.13 Å². The van der Waals surface area contributed by atoms with E-state index in [0.29, 0.717) is 17.7 Å². The van der Waals surface area contributed by atoms with Crippen molar-refractivity contribution in [3.8, 4) is 0 Å². The number of likely N-dealkylation sites (tertiary alicyclic amines) is 1. The van der Waals surface area contributed by atoms with Crippen LogP contribution in [0.1, 0.15) is 24.0 Å². The second-order valence-electron chi connectivity index (χ2n) is 4.88. The lowest BCUT2D eigenvalue weighted by Gasteiger charge is -2.32. The molecule has 1 aromatic rings. The van der Waals surface area contributed by atoms with E-state index in [2.05, 4.69) is 4.90 Å². The van der Waals surface area contributed by atoms with Crippen molar-refractivity contribution >= 4 is 17.2 Å². The van der Waals surface area contributed by atoms with E-state index in [1.54, 1.807) is 25.3 Å². The van der Waals surface area contributed by atoms with Crippen LogP contribution in [0.2, 0.25) is 0 Å². The molecule has 0 bridgehead atoms. The monoisotopic (exact) mass is 282 g/mol. The van der Waals surface area contributed by atoms with Crippen molar-refractivity contribution in [3.63, 3.8) is 0 Å². The molecule has 2 N–H and O–H groups in total. The quantitative estimate of drug-likeness (QED) is 0.858. The largest absolute Gasteiger partial charge is 0.389 e. The Morgan fingerprint density at radius 2 is 2.37 bits per heavy atom. The zero-order chi connectivity index (χ0) is 13.8. The minimum Gasteiger partial charge on any atom is -0.389 e. The minimum absolute atomic E-state index is 0.104. The predicted molar refractivity (Wildman–Crippen MR) is 77.6 cm³/mol. The molecular weight excluding hydrogens is 263 g/mol. The van der Waals surface area contributed by atoms with Crippen LogP contribution in [0, 0.1) is 5.82 Å². The summed E-state index contributed by atoms with van der Waals surface area (Å²) in [6.45, 7) is 2.38. The van der Waals surface area contributed by atoms with E-state index in [1.165, 1.54) is 0 Å². The van der Waals surface area contributed by atoms with Crippen LogP contribution in [0.25, 0.3) is 0 Å². The first kappa shape index (κ1) is 14.4. The van der Waals surface area contributed by atoms with Gasteiger partial charge in [-0.25, -0.2) is 4.39 Å². The maximum Gasteiger partial charge on any atom is 0.137 e. The number of hydrogen-bond acceptors (Lipinski definition) is 3. The summed E-state index contributed by atoms with van der Waals surface area (Å²) in [5.74, 6) is -0.297. The van der Waals surface area contributed by atoms with Gasteiger partial charge in [0.2, 0.25) is 0 Å². The summed E-state index contributed by atoms with van der Waals surface area (Å²) in [4.78, 5) is 2.31. The first-order chi connectivity index (χ1) is 9.11. The van der Waals surface area contributed by atoms with Gasteiger partial charge in [-0.2, -0.15) is 0 Å². The molecule has 0 saturated carbocycles. The Bertz CT molecular complexity index is 467. The van der Waals surface area contributed by atoms with Crippen molar-refractivity contribution in [2.24, 2.45) is 5.73 Å². The molecule has 19 heavy (non-hydrogen) atoms. The van der Waals surface area contributed by atoms with E-state index in [0.717, 1.165) is 25.9 Å². The lowest BCUT2D eigenvalue weighted by molar-refractivity contribution is 0.0282. The van der Waals surface area contributed by atoms with Gasteiger partial charge >= 0.3 is 0 Å². The highest BCUT2D eigenvalue weighted by atomic mass is 32.1. The Morgan fingerprint density at radius 1 is 1.58 bits per heavy atom. The SMILES string of the molecule is COC1CCCN(Cc2cccc(C(N)=S)c2F)C1. The average molecular weight is 282 g/mol. The molecule has 104 valence electrons. The van der Waals surface area contributed by atoms with Gasteiger partial charge in [-0.15, -0.1) is 0 Å². The zero-order valence-corrected chi connectivity index (χ0v) is 11.9. The molecule has 1 aliphatic heterocycles. The van der Waals surface area contributed by atoms with Gasteiger partial charge in [0.05, 0.1) is 6.10 Å². The molecule has 1 unspecified atom stereocenters. The van der Waals surface area contributed by atoms with Gasteiger partial charge < -0.3 is 10.5 Å². The summed E-state index contributed by atoms with van der Waals surface area (Å²) in [6.07, 6.45) is 2.40. The molecule has 1 saturated heterocycles. The van der Waals surface area contributed by atoms with Gasteiger partial charge in [-0.05, 0) is 25.5 Å². The number of rotatable bonds is 4. The van der Waals surface area contributed by atoms with E-state index in [4.69, 9.17) is 22.7 Å². The van der Waals surface area contributed by atoms with Crippen molar-refractivity contribution in [3.05, 3.63) is 35.1 Å². The summed E-state index contributed by atoms with van der Waals surface area (Å²) in [5.41, 5.74) is 6.49. The van der Waals surface area contributed by atoms with Gasteiger partial charge in [0.1, 0.15) is 10.8 Å². The van der Waals surface area contributed by atoms with Gasteiger partial charge in [-0.3, -0.25) is 4.90 Å². The molecule has 0 aromatic heterocycles. The highest BCUT2D eigenvalue weighted by molar-refractivity contribution is 7.80. The number of halogens is 1. The standard InChI is InChI=1S/C14H19FN2OS/c1-18-11-5-3-7-17(9-11)8-10-4-2-6-12(13(10)15)14(16)19/h2,4,6,11H,3,5,7-9H2,1H3,(H2,16,19). The summed E-state index contributed by atoms with van der Waals surface area (Å²) in [7, 11) is 1.72. The molecule has 0 spiro atoms. The fourth-order valence-corrected chi connectivity index (χ4v) is 2.64. The molecule has 5 heteroatoms. The molecule has 2 rings (SSSR count). The van der Waals surface area contributed by atoms with E-state index in [9.17, 15) is 4.39 Å². The van der Waals surface area contributed by atoms with Crippen LogP contribution in [0.5, 0.6) is 0 Å². The molecule has 0 radical (unpaired) electrons. The van der Waals surface area contributed by atoms with Gasteiger partial charge in [0, 0.05) is 31.3 Å². The third-order valence-corrected chi connectivity index (χ3v) is 3.75. The molecule has 1 fully saturated rings. The van der Waals surface area contributed by atoms with Crippen LogP contribution in [0.4, 0.5) is 4.39 Å². The fourth-order valence-electron chi connectivity index (χ4n) is 2.48. The van der Waals surface area contributed by atoms with Gasteiger partial charge in [-0.1, -0.05) is 24.4 Å². The first-order valence-electron chi connectivity index (χ1n) is 6.44. The van der Waals surface area contributed by atoms with Crippen LogP contribution in [0.3, 0.4) is 0 Å². The number of thiocarbonyl (C=S) groups is 1. The molecular formula is C14H19FN2OS. The highest BCUT2D eigenvalue weighted by Gasteiger charge is 2.21. The fraction of sp³-hybridized carbons (Fsp3) is 0.500. The highest BCUT2D eigenvalue weighted by Crippen LogP contribution is 2.19. The third kappa shape index (κ3) is 3.49. The lowest BCUT2D eigenvalue weighted by atomic mass is 10.1. The van der Waals surface area contributed by atoms with Crippen LogP contribution in [-0.4, -0.2) is 36.2 Å². The number of methoxy groups -OCH3 is 1. The predicted octanol–water partition coefficient (Wildman–Crippen LogP) is 2.07. The minimum atomic E-state index is -0.297. The second kappa shape index (κ2) is 6.41. The Hall–Kier alpha value is -1.04. The number of hydrogen-bond donors (Lipinski definition) is 1. The molecule has 1 aliphatic rings. The second-order valence-corrected chi connectivity index (χ2v) is 5.32. The molecule has 0 amide bonds. The molecule has 1 heterocycles. The molecule has 1 atom stereocenters. The topological polar surface area (TPSA) is 38.5 Å². The number of nitrogens with two attached hydrogens (primary N) is 1. The summed E-state index contributed by atoms with van der Waals surface area (Å²) < 4.78 is 19.6. The van der Waals surface area contributed by atoms with Crippen LogP contribution < -0.4 is 5.73 Å². The Balaban J connectivity index is 2.10. The summed E-state index contributed by atoms with van der Waals surface area (Å²) in [6, 6.07) is 5.20. The summed E-state index contributed by atoms with van der Waals surface area (Å²) >= 11 is 4.86. The van der Waals surface area contributed by atoms with Gasteiger partial charge in [0.15, 0.2) is 0 Å². The number of nitrogens with zero attached hydrogens (tertiary/aromatic N) is 1. The van der Waals surface area contributed by atoms with E-state index in [-0.39, 0.29) is 16.9 Å². The average Bonchev–Trinajstić information content (AvgIpc) is 2.41. The van der Waals surface area contributed by atoms with Crippen LogP contribution in [-0.2, 0) is 11.3 Å². The van der Waals surface area contributed by atoms with Crippen molar-refractivity contribution in [2.45, 2.75) is 25.5 Å². The van der Waals surface area contributed by atoms with Gasteiger partial charge in [0.25, 0.3) is 0 Å². The van der Waals surface area contributed by atoms with Crippen LogP contribution >= 0.6 is 12.2 Å². The van der Waals surface area contributed by atoms with E-state index < -0.39 is 0 Å². The number of benzene rings is 1. The molecule has 1 aromatic carbocycles.